The molecule has 0 fully saturated rings. The fraction of sp³-hybridized carbons (Fsp3) is 0.529. The van der Waals surface area contributed by atoms with Crippen LogP contribution < -0.4 is 10.5 Å². The molecule has 0 aliphatic rings. The summed E-state index contributed by atoms with van der Waals surface area (Å²) in [6.07, 6.45) is 0. The lowest BCUT2D eigenvalue weighted by molar-refractivity contribution is 0.0314. The van der Waals surface area contributed by atoms with Crippen LogP contribution in [0.2, 0.25) is 0 Å². The van der Waals surface area contributed by atoms with Gasteiger partial charge in [0, 0.05) is 6.61 Å². The number of hydrogen-bond acceptors (Lipinski definition) is 4. The summed E-state index contributed by atoms with van der Waals surface area (Å²) < 4.78 is 16.3. The Morgan fingerprint density at radius 2 is 1.95 bits per heavy atom. The van der Waals surface area contributed by atoms with Crippen molar-refractivity contribution in [3.8, 4) is 17.6 Å². The Morgan fingerprint density at radius 3 is 2.62 bits per heavy atom. The molecule has 0 saturated carbocycles. The maximum absolute atomic E-state index is 5.60. The Balaban J connectivity index is 2.45. The lowest BCUT2D eigenvalue weighted by Gasteiger charge is -2.09. The highest BCUT2D eigenvalue weighted by atomic mass is 16.5. The van der Waals surface area contributed by atoms with Gasteiger partial charge in [0.25, 0.3) is 0 Å². The summed E-state index contributed by atoms with van der Waals surface area (Å²) in [4.78, 5) is 0. The van der Waals surface area contributed by atoms with Crippen molar-refractivity contribution >= 4 is 0 Å². The van der Waals surface area contributed by atoms with E-state index in [1.807, 2.05) is 18.2 Å². The van der Waals surface area contributed by atoms with Gasteiger partial charge in [-0.05, 0) is 23.6 Å². The van der Waals surface area contributed by atoms with Gasteiger partial charge in [0.1, 0.15) is 5.75 Å². The second-order valence-corrected chi connectivity index (χ2v) is 5.06. The normalized spacial score (nSPS) is 10.3. The van der Waals surface area contributed by atoms with E-state index in [4.69, 9.17) is 19.9 Å². The highest BCUT2D eigenvalue weighted by Crippen LogP contribution is 2.19. The first kappa shape index (κ1) is 17.5. The number of rotatable bonds is 8. The Kier molecular flexibility index (Phi) is 8.53. The molecule has 0 aliphatic carbocycles. The molecule has 0 atom stereocenters. The third kappa shape index (κ3) is 7.14. The van der Waals surface area contributed by atoms with Crippen molar-refractivity contribution in [3.63, 3.8) is 0 Å². The van der Waals surface area contributed by atoms with Crippen molar-refractivity contribution in [1.82, 2.24) is 0 Å². The van der Waals surface area contributed by atoms with E-state index in [0.29, 0.717) is 32.3 Å². The zero-order valence-electron chi connectivity index (χ0n) is 13.1. The van der Waals surface area contributed by atoms with Crippen LogP contribution in [0.3, 0.4) is 0 Å². The molecule has 0 spiro atoms. The van der Waals surface area contributed by atoms with Gasteiger partial charge in [0.15, 0.2) is 0 Å². The topological polar surface area (TPSA) is 53.7 Å². The van der Waals surface area contributed by atoms with Gasteiger partial charge in [-0.2, -0.15) is 0 Å². The fourth-order valence-electron chi connectivity index (χ4n) is 1.72. The molecule has 4 heteroatoms. The van der Waals surface area contributed by atoms with E-state index in [1.165, 1.54) is 0 Å². The van der Waals surface area contributed by atoms with E-state index in [2.05, 4.69) is 25.7 Å². The first-order valence-corrected chi connectivity index (χ1v) is 7.18. The maximum atomic E-state index is 5.60. The van der Waals surface area contributed by atoms with Gasteiger partial charge < -0.3 is 19.9 Å². The van der Waals surface area contributed by atoms with Crippen LogP contribution in [0.5, 0.6) is 5.75 Å². The van der Waals surface area contributed by atoms with Crippen LogP contribution in [0, 0.1) is 17.8 Å². The summed E-state index contributed by atoms with van der Waals surface area (Å²) >= 11 is 0. The van der Waals surface area contributed by atoms with Crippen LogP contribution in [0.15, 0.2) is 18.2 Å². The number of nitrogens with two attached hydrogens (primary N) is 1. The molecular weight excluding hydrogens is 266 g/mol. The summed E-state index contributed by atoms with van der Waals surface area (Å²) in [6, 6.07) is 5.84. The molecule has 0 heterocycles. The van der Waals surface area contributed by atoms with E-state index < -0.39 is 0 Å². The molecule has 1 aromatic carbocycles. The van der Waals surface area contributed by atoms with Gasteiger partial charge in [0.2, 0.25) is 0 Å². The van der Waals surface area contributed by atoms with E-state index in [1.54, 1.807) is 7.11 Å². The monoisotopic (exact) mass is 291 g/mol. The van der Waals surface area contributed by atoms with Crippen LogP contribution in [0.4, 0.5) is 0 Å². The van der Waals surface area contributed by atoms with Crippen molar-refractivity contribution in [2.24, 2.45) is 11.7 Å². The number of benzene rings is 1. The molecule has 1 rings (SSSR count). The third-order valence-corrected chi connectivity index (χ3v) is 2.68. The molecule has 0 bridgehead atoms. The van der Waals surface area contributed by atoms with Gasteiger partial charge in [-0.25, -0.2) is 0 Å². The SMILES string of the molecule is COc1ccc(COCCOCC(C)C)cc1C#CCN. The van der Waals surface area contributed by atoms with Crippen molar-refractivity contribution in [2.75, 3.05) is 33.5 Å². The summed E-state index contributed by atoms with van der Waals surface area (Å²) in [6.45, 7) is 7.09. The van der Waals surface area contributed by atoms with Crippen LogP contribution in [-0.2, 0) is 16.1 Å². The summed E-state index contributed by atoms with van der Waals surface area (Å²) in [5.41, 5.74) is 7.29. The first-order chi connectivity index (χ1) is 10.2. The van der Waals surface area contributed by atoms with Crippen molar-refractivity contribution in [1.29, 1.82) is 0 Å². The van der Waals surface area contributed by atoms with Crippen LogP contribution >= 0.6 is 0 Å². The molecule has 4 nitrogen and oxygen atoms in total. The molecule has 0 amide bonds. The summed E-state index contributed by atoms with van der Waals surface area (Å²) in [5.74, 6) is 7.15. The van der Waals surface area contributed by atoms with Gasteiger partial charge in [-0.3, -0.25) is 0 Å². The van der Waals surface area contributed by atoms with Gasteiger partial charge >= 0.3 is 0 Å². The molecule has 0 aromatic heterocycles. The number of methoxy groups -OCH3 is 1. The second-order valence-electron chi connectivity index (χ2n) is 5.06. The molecule has 21 heavy (non-hydrogen) atoms. The smallest absolute Gasteiger partial charge is 0.134 e. The highest BCUT2D eigenvalue weighted by molar-refractivity contribution is 5.48. The van der Waals surface area contributed by atoms with Crippen molar-refractivity contribution in [3.05, 3.63) is 29.3 Å². The maximum Gasteiger partial charge on any atom is 0.134 e. The zero-order valence-corrected chi connectivity index (χ0v) is 13.1. The lowest BCUT2D eigenvalue weighted by Crippen LogP contribution is -2.08. The van der Waals surface area contributed by atoms with Crippen molar-refractivity contribution < 1.29 is 14.2 Å². The van der Waals surface area contributed by atoms with Crippen LogP contribution in [-0.4, -0.2) is 33.5 Å². The highest BCUT2D eigenvalue weighted by Gasteiger charge is 2.02. The lowest BCUT2D eigenvalue weighted by atomic mass is 10.1. The minimum atomic E-state index is 0.330. The van der Waals surface area contributed by atoms with Crippen molar-refractivity contribution in [2.45, 2.75) is 20.5 Å². The van der Waals surface area contributed by atoms with E-state index in [-0.39, 0.29) is 0 Å². The van der Waals surface area contributed by atoms with Gasteiger partial charge in [-0.15, -0.1) is 0 Å². The minimum Gasteiger partial charge on any atom is -0.495 e. The zero-order chi connectivity index (χ0) is 15.5. The molecule has 0 saturated heterocycles. The van der Waals surface area contributed by atoms with Gasteiger partial charge in [-0.1, -0.05) is 31.8 Å². The molecular formula is C17H25NO3. The molecule has 1 aromatic rings. The second kappa shape index (κ2) is 10.2. The van der Waals surface area contributed by atoms with E-state index in [9.17, 15) is 0 Å². The average molecular weight is 291 g/mol. The Labute approximate surface area is 127 Å². The Bertz CT molecular complexity index is 475. The van der Waals surface area contributed by atoms with E-state index in [0.717, 1.165) is 23.5 Å². The fourth-order valence-corrected chi connectivity index (χ4v) is 1.72. The van der Waals surface area contributed by atoms with Crippen LogP contribution in [0.1, 0.15) is 25.0 Å². The predicted molar refractivity (Wildman–Crippen MR) is 84.2 cm³/mol. The number of ether oxygens (including phenoxy) is 3. The third-order valence-electron chi connectivity index (χ3n) is 2.68. The molecule has 0 aliphatic heterocycles. The number of hydrogen-bond donors (Lipinski definition) is 1. The molecule has 116 valence electrons. The Morgan fingerprint density at radius 1 is 1.19 bits per heavy atom. The first-order valence-electron chi connectivity index (χ1n) is 7.18. The largest absolute Gasteiger partial charge is 0.495 e. The molecule has 0 radical (unpaired) electrons. The average Bonchev–Trinajstić information content (AvgIpc) is 2.48. The quantitative estimate of drug-likeness (QED) is 0.589. The van der Waals surface area contributed by atoms with Crippen LogP contribution in [0.25, 0.3) is 0 Å². The summed E-state index contributed by atoms with van der Waals surface area (Å²) in [7, 11) is 1.63. The standard InChI is InChI=1S/C17H25NO3/c1-14(2)12-20-9-10-21-13-15-6-7-17(19-3)16(11-15)5-4-8-18/h6-7,11,14H,8-10,12-13,18H2,1-3H3. The van der Waals surface area contributed by atoms with E-state index >= 15 is 0 Å². The molecule has 0 unspecified atom stereocenters. The molecule has 2 N–H and O–H groups in total. The minimum absolute atomic E-state index is 0.330. The summed E-state index contributed by atoms with van der Waals surface area (Å²) in [5, 5.41) is 0. The Hall–Kier alpha value is -1.54. The van der Waals surface area contributed by atoms with Gasteiger partial charge in [0.05, 0.1) is 39.0 Å². The predicted octanol–water partition coefficient (Wildman–Crippen LogP) is 2.19.